The van der Waals surface area contributed by atoms with E-state index in [1.807, 2.05) is 44.2 Å². The third-order valence-electron chi connectivity index (χ3n) is 5.21. The van der Waals surface area contributed by atoms with E-state index in [4.69, 9.17) is 0 Å². The maximum atomic E-state index is 13.2. The van der Waals surface area contributed by atoms with E-state index in [0.29, 0.717) is 26.1 Å². The smallest absolute Gasteiger partial charge is 0.237 e. The van der Waals surface area contributed by atoms with Gasteiger partial charge in [-0.15, -0.1) is 0 Å². The molecule has 2 rings (SSSR count). The molecular weight excluding hydrogens is 364 g/mol. The molecule has 1 fully saturated rings. The Hall–Kier alpha value is -1.89. The van der Waals surface area contributed by atoms with E-state index in [1.54, 1.807) is 23.6 Å². The van der Waals surface area contributed by atoms with Gasteiger partial charge in [0.05, 0.1) is 11.5 Å². The third-order valence-corrected chi connectivity index (χ3v) is 6.96. The predicted molar refractivity (Wildman–Crippen MR) is 106 cm³/mol. The summed E-state index contributed by atoms with van der Waals surface area (Å²) in [6, 6.07) is 9.32. The van der Waals surface area contributed by atoms with Crippen LogP contribution in [-0.4, -0.2) is 60.7 Å². The highest BCUT2D eigenvalue weighted by Crippen LogP contribution is 2.27. The fourth-order valence-electron chi connectivity index (χ4n) is 3.57. The van der Waals surface area contributed by atoms with Gasteiger partial charge in [0.1, 0.15) is 5.41 Å². The highest BCUT2D eigenvalue weighted by atomic mass is 32.2. The first kappa shape index (κ1) is 21.4. The first-order chi connectivity index (χ1) is 12.6. The minimum absolute atomic E-state index is 0.0155. The van der Waals surface area contributed by atoms with Crippen LogP contribution in [0.3, 0.4) is 0 Å². The van der Waals surface area contributed by atoms with Gasteiger partial charge in [-0.1, -0.05) is 30.3 Å². The summed E-state index contributed by atoms with van der Waals surface area (Å²) in [6.45, 7) is 8.31. The molecule has 1 aromatic rings. The molecule has 0 saturated carbocycles. The monoisotopic (exact) mass is 394 g/mol. The number of benzene rings is 1. The van der Waals surface area contributed by atoms with Gasteiger partial charge in [0.15, 0.2) is 9.84 Å². The maximum absolute atomic E-state index is 13.2. The van der Waals surface area contributed by atoms with Gasteiger partial charge in [0.25, 0.3) is 0 Å². The molecule has 1 unspecified atom stereocenters. The molecule has 1 heterocycles. The average molecular weight is 395 g/mol. The molecule has 2 amide bonds. The minimum Gasteiger partial charge on any atom is -0.338 e. The number of carbonyl (C=O) groups is 2. The van der Waals surface area contributed by atoms with Crippen LogP contribution in [0.25, 0.3) is 0 Å². The van der Waals surface area contributed by atoms with Crippen molar-refractivity contribution in [3.63, 3.8) is 0 Å². The number of hydrogen-bond acceptors (Lipinski definition) is 4. The lowest BCUT2D eigenvalue weighted by molar-refractivity contribution is -0.155. The van der Waals surface area contributed by atoms with E-state index in [1.165, 1.54) is 0 Å². The SMILES string of the molecule is CCN(Cc1ccccc1)C(=O)C(C)(C)C(=O)N(CC)C1CCS(=O)(=O)C1. The molecule has 0 radical (unpaired) electrons. The Kier molecular flexibility index (Phi) is 6.68. The lowest BCUT2D eigenvalue weighted by Gasteiger charge is -2.36. The van der Waals surface area contributed by atoms with Crippen LogP contribution >= 0.6 is 0 Å². The van der Waals surface area contributed by atoms with Crippen LogP contribution in [0.4, 0.5) is 0 Å². The van der Waals surface area contributed by atoms with Crippen molar-refractivity contribution >= 4 is 21.7 Å². The van der Waals surface area contributed by atoms with E-state index in [0.717, 1.165) is 5.56 Å². The minimum atomic E-state index is -3.10. The first-order valence-corrected chi connectivity index (χ1v) is 11.3. The zero-order valence-corrected chi connectivity index (χ0v) is 17.5. The lowest BCUT2D eigenvalue weighted by Crippen LogP contribution is -2.53. The van der Waals surface area contributed by atoms with Gasteiger partial charge in [-0.25, -0.2) is 8.42 Å². The highest BCUT2D eigenvalue weighted by molar-refractivity contribution is 7.91. The number of hydrogen-bond donors (Lipinski definition) is 0. The summed E-state index contributed by atoms with van der Waals surface area (Å²) >= 11 is 0. The van der Waals surface area contributed by atoms with E-state index in [2.05, 4.69) is 0 Å². The molecule has 6 nitrogen and oxygen atoms in total. The van der Waals surface area contributed by atoms with E-state index >= 15 is 0 Å². The van der Waals surface area contributed by atoms with Gasteiger partial charge in [-0.2, -0.15) is 0 Å². The quantitative estimate of drug-likeness (QED) is 0.664. The number of amides is 2. The summed E-state index contributed by atoms with van der Waals surface area (Å²) in [5.74, 6) is -0.453. The Balaban J connectivity index is 2.18. The molecule has 27 heavy (non-hydrogen) atoms. The summed E-state index contributed by atoms with van der Waals surface area (Å²) in [4.78, 5) is 29.6. The number of sulfone groups is 1. The first-order valence-electron chi connectivity index (χ1n) is 9.47. The van der Waals surface area contributed by atoms with Crippen molar-refractivity contribution in [3.8, 4) is 0 Å². The summed E-state index contributed by atoms with van der Waals surface area (Å²) in [7, 11) is -3.10. The van der Waals surface area contributed by atoms with Gasteiger partial charge in [0.2, 0.25) is 11.8 Å². The van der Waals surface area contributed by atoms with E-state index < -0.39 is 15.3 Å². The van der Waals surface area contributed by atoms with Crippen LogP contribution in [0.15, 0.2) is 30.3 Å². The molecule has 0 aromatic heterocycles. The summed E-state index contributed by atoms with van der Waals surface area (Å²) in [5, 5.41) is 0. The fraction of sp³-hybridized carbons (Fsp3) is 0.600. The Labute approximate surface area is 162 Å². The van der Waals surface area contributed by atoms with Crippen molar-refractivity contribution in [1.29, 1.82) is 0 Å². The topological polar surface area (TPSA) is 74.8 Å². The Morgan fingerprint density at radius 1 is 1.07 bits per heavy atom. The molecular formula is C20H30N2O4S. The van der Waals surface area contributed by atoms with Crippen molar-refractivity contribution in [1.82, 2.24) is 9.80 Å². The molecule has 1 aliphatic rings. The van der Waals surface area contributed by atoms with Crippen LogP contribution in [0.1, 0.15) is 39.7 Å². The van der Waals surface area contributed by atoms with Crippen molar-refractivity contribution in [2.24, 2.45) is 5.41 Å². The van der Waals surface area contributed by atoms with Gasteiger partial charge < -0.3 is 9.80 Å². The standard InChI is InChI=1S/C20H30N2O4S/c1-5-21(14-16-10-8-7-9-11-16)18(23)20(3,4)19(24)22(6-2)17-12-13-27(25,26)15-17/h7-11,17H,5-6,12-15H2,1-4H3. The fourth-order valence-corrected chi connectivity index (χ4v) is 5.30. The van der Waals surface area contributed by atoms with Crippen LogP contribution in [0.2, 0.25) is 0 Å². The molecule has 1 saturated heterocycles. The molecule has 1 atom stereocenters. The molecule has 7 heteroatoms. The summed E-state index contributed by atoms with van der Waals surface area (Å²) in [6.07, 6.45) is 0.438. The third kappa shape index (κ3) is 4.89. The second-order valence-electron chi connectivity index (χ2n) is 7.58. The van der Waals surface area contributed by atoms with E-state index in [9.17, 15) is 18.0 Å². The summed E-state index contributed by atoms with van der Waals surface area (Å²) in [5.41, 5.74) is -0.238. The number of carbonyl (C=O) groups excluding carboxylic acids is 2. The van der Waals surface area contributed by atoms with Crippen LogP contribution in [-0.2, 0) is 26.0 Å². The summed E-state index contributed by atoms with van der Waals surface area (Å²) < 4.78 is 23.6. The molecule has 1 aromatic carbocycles. The van der Waals surface area contributed by atoms with Crippen LogP contribution in [0.5, 0.6) is 0 Å². The van der Waals surface area contributed by atoms with Crippen molar-refractivity contribution in [2.45, 2.75) is 46.7 Å². The van der Waals surface area contributed by atoms with Gasteiger partial charge >= 0.3 is 0 Å². The normalized spacial score (nSPS) is 18.9. The molecule has 0 bridgehead atoms. The van der Waals surface area contributed by atoms with Gasteiger partial charge in [-0.3, -0.25) is 9.59 Å². The molecule has 0 aliphatic carbocycles. The Morgan fingerprint density at radius 3 is 2.19 bits per heavy atom. The molecule has 0 N–H and O–H groups in total. The second kappa shape index (κ2) is 8.42. The molecule has 150 valence electrons. The highest BCUT2D eigenvalue weighted by Gasteiger charge is 2.44. The Bertz CT molecular complexity index is 774. The molecule has 0 spiro atoms. The average Bonchev–Trinajstić information content (AvgIpc) is 3.00. The van der Waals surface area contributed by atoms with Crippen LogP contribution < -0.4 is 0 Å². The Morgan fingerprint density at radius 2 is 1.70 bits per heavy atom. The van der Waals surface area contributed by atoms with Crippen LogP contribution in [0, 0.1) is 5.41 Å². The van der Waals surface area contributed by atoms with E-state index in [-0.39, 0.29) is 29.4 Å². The van der Waals surface area contributed by atoms with Crippen molar-refractivity contribution in [2.75, 3.05) is 24.6 Å². The zero-order chi connectivity index (χ0) is 20.2. The van der Waals surface area contributed by atoms with Crippen molar-refractivity contribution < 1.29 is 18.0 Å². The zero-order valence-electron chi connectivity index (χ0n) is 16.6. The predicted octanol–water partition coefficient (Wildman–Crippen LogP) is 2.10. The van der Waals surface area contributed by atoms with Gasteiger partial charge in [-0.05, 0) is 39.7 Å². The largest absolute Gasteiger partial charge is 0.338 e. The van der Waals surface area contributed by atoms with Crippen molar-refractivity contribution in [3.05, 3.63) is 35.9 Å². The maximum Gasteiger partial charge on any atom is 0.237 e. The van der Waals surface area contributed by atoms with Gasteiger partial charge in [0, 0.05) is 25.7 Å². The number of nitrogens with zero attached hydrogens (tertiary/aromatic N) is 2. The number of rotatable bonds is 7. The second-order valence-corrected chi connectivity index (χ2v) is 9.81. The molecule has 1 aliphatic heterocycles. The lowest BCUT2D eigenvalue weighted by atomic mass is 9.88.